The van der Waals surface area contributed by atoms with Crippen molar-refractivity contribution in [3.8, 4) is 0 Å². The first kappa shape index (κ1) is 14.0. The van der Waals surface area contributed by atoms with Crippen LogP contribution in [-0.4, -0.2) is 19.9 Å². The molecule has 0 saturated heterocycles. The SMILES string of the molecule is CC(C)n1ncnc1CC(O)c1c(F)cccc1Cl. The first-order valence-electron chi connectivity index (χ1n) is 6.01. The maximum Gasteiger partial charge on any atom is 0.138 e. The Balaban J connectivity index is 2.26. The van der Waals surface area contributed by atoms with Gasteiger partial charge in [-0.2, -0.15) is 5.10 Å². The highest BCUT2D eigenvalue weighted by atomic mass is 35.5. The highest BCUT2D eigenvalue weighted by Crippen LogP contribution is 2.28. The molecule has 0 aliphatic carbocycles. The third-order valence-corrected chi connectivity index (χ3v) is 3.17. The number of aliphatic hydroxyl groups excluding tert-OH is 1. The van der Waals surface area contributed by atoms with E-state index < -0.39 is 11.9 Å². The van der Waals surface area contributed by atoms with Crippen LogP contribution < -0.4 is 0 Å². The average molecular weight is 284 g/mol. The number of benzene rings is 1. The average Bonchev–Trinajstić information content (AvgIpc) is 2.76. The van der Waals surface area contributed by atoms with E-state index in [9.17, 15) is 9.50 Å². The summed E-state index contributed by atoms with van der Waals surface area (Å²) in [5, 5.41) is 14.4. The first-order chi connectivity index (χ1) is 9.00. The molecule has 1 N–H and O–H groups in total. The predicted octanol–water partition coefficient (Wildman–Crippen LogP) is 2.93. The topological polar surface area (TPSA) is 50.9 Å². The minimum Gasteiger partial charge on any atom is -0.388 e. The second-order valence-corrected chi connectivity index (χ2v) is 4.98. The van der Waals surface area contributed by atoms with Crippen LogP contribution >= 0.6 is 11.6 Å². The second kappa shape index (κ2) is 5.67. The van der Waals surface area contributed by atoms with E-state index in [2.05, 4.69) is 10.1 Å². The van der Waals surface area contributed by atoms with Crippen molar-refractivity contribution >= 4 is 11.6 Å². The molecule has 19 heavy (non-hydrogen) atoms. The molecule has 1 heterocycles. The van der Waals surface area contributed by atoms with Crippen LogP contribution in [0, 0.1) is 5.82 Å². The van der Waals surface area contributed by atoms with Gasteiger partial charge < -0.3 is 5.11 Å². The zero-order valence-electron chi connectivity index (χ0n) is 10.7. The molecule has 4 nitrogen and oxygen atoms in total. The predicted molar refractivity (Wildman–Crippen MR) is 70.5 cm³/mol. The minimum absolute atomic E-state index is 0.0995. The fourth-order valence-electron chi connectivity index (χ4n) is 1.96. The Morgan fingerprint density at radius 1 is 1.42 bits per heavy atom. The summed E-state index contributed by atoms with van der Waals surface area (Å²) in [6, 6.07) is 4.46. The third kappa shape index (κ3) is 2.93. The molecule has 0 bridgehead atoms. The lowest BCUT2D eigenvalue weighted by Crippen LogP contribution is -2.13. The summed E-state index contributed by atoms with van der Waals surface area (Å²) >= 11 is 5.92. The van der Waals surface area contributed by atoms with Gasteiger partial charge in [-0.25, -0.2) is 14.1 Å². The van der Waals surface area contributed by atoms with Crippen LogP contribution in [0.2, 0.25) is 5.02 Å². The van der Waals surface area contributed by atoms with Crippen LogP contribution in [0.5, 0.6) is 0 Å². The molecular weight excluding hydrogens is 269 g/mol. The number of nitrogens with zero attached hydrogens (tertiary/aromatic N) is 3. The number of halogens is 2. The Kier molecular flexibility index (Phi) is 4.17. The van der Waals surface area contributed by atoms with Gasteiger partial charge in [-0.1, -0.05) is 17.7 Å². The van der Waals surface area contributed by atoms with Gasteiger partial charge in [0.15, 0.2) is 0 Å². The molecule has 1 aromatic heterocycles. The fraction of sp³-hybridized carbons (Fsp3) is 0.385. The van der Waals surface area contributed by atoms with Crippen molar-refractivity contribution in [1.82, 2.24) is 14.8 Å². The summed E-state index contributed by atoms with van der Waals surface area (Å²) in [5.74, 6) is 0.0810. The molecule has 0 aliphatic heterocycles. The van der Waals surface area contributed by atoms with Crippen molar-refractivity contribution in [3.63, 3.8) is 0 Å². The number of hydrogen-bond acceptors (Lipinski definition) is 3. The highest BCUT2D eigenvalue weighted by molar-refractivity contribution is 6.31. The van der Waals surface area contributed by atoms with Gasteiger partial charge in [0.25, 0.3) is 0 Å². The van der Waals surface area contributed by atoms with Crippen LogP contribution in [0.1, 0.15) is 37.4 Å². The molecule has 0 radical (unpaired) electrons. The van der Waals surface area contributed by atoms with Crippen LogP contribution in [0.25, 0.3) is 0 Å². The summed E-state index contributed by atoms with van der Waals surface area (Å²) in [7, 11) is 0. The molecule has 2 aromatic rings. The van der Waals surface area contributed by atoms with Crippen molar-refractivity contribution in [2.75, 3.05) is 0 Å². The van der Waals surface area contributed by atoms with Crippen molar-refractivity contribution in [3.05, 3.63) is 46.8 Å². The second-order valence-electron chi connectivity index (χ2n) is 4.57. The molecule has 6 heteroatoms. The smallest absolute Gasteiger partial charge is 0.138 e. The van der Waals surface area contributed by atoms with E-state index >= 15 is 0 Å². The molecule has 0 fully saturated rings. The van der Waals surface area contributed by atoms with Gasteiger partial charge in [-0.3, -0.25) is 0 Å². The molecule has 0 aliphatic rings. The van der Waals surface area contributed by atoms with Gasteiger partial charge in [0, 0.05) is 23.0 Å². The molecular formula is C13H15ClFN3O. The molecule has 1 aromatic carbocycles. The van der Waals surface area contributed by atoms with Crippen LogP contribution in [-0.2, 0) is 6.42 Å². The maximum absolute atomic E-state index is 13.7. The number of rotatable bonds is 4. The van der Waals surface area contributed by atoms with Crippen molar-refractivity contribution in [1.29, 1.82) is 0 Å². The van der Waals surface area contributed by atoms with E-state index in [1.807, 2.05) is 13.8 Å². The van der Waals surface area contributed by atoms with E-state index in [0.717, 1.165) is 0 Å². The Labute approximate surface area is 115 Å². The fourth-order valence-corrected chi connectivity index (χ4v) is 2.24. The Bertz CT molecular complexity index is 551. The van der Waals surface area contributed by atoms with Crippen molar-refractivity contribution in [2.45, 2.75) is 32.4 Å². The lowest BCUT2D eigenvalue weighted by atomic mass is 10.1. The normalized spacial score (nSPS) is 12.9. The quantitative estimate of drug-likeness (QED) is 0.938. The van der Waals surface area contributed by atoms with Crippen molar-refractivity contribution in [2.24, 2.45) is 0 Å². The van der Waals surface area contributed by atoms with E-state index in [-0.39, 0.29) is 23.0 Å². The number of aromatic nitrogens is 3. The standard InChI is InChI=1S/C13H15ClFN3O/c1-8(2)18-12(16-7-17-18)6-11(19)13-9(14)4-3-5-10(13)15/h3-5,7-8,11,19H,6H2,1-2H3. The van der Waals surface area contributed by atoms with Gasteiger partial charge in [0.2, 0.25) is 0 Å². The third-order valence-electron chi connectivity index (χ3n) is 2.85. The highest BCUT2D eigenvalue weighted by Gasteiger charge is 2.20. The monoisotopic (exact) mass is 283 g/mol. The number of hydrogen-bond donors (Lipinski definition) is 1. The molecule has 2 rings (SSSR count). The summed E-state index contributed by atoms with van der Waals surface area (Å²) < 4.78 is 15.4. The largest absolute Gasteiger partial charge is 0.388 e. The molecule has 0 amide bonds. The summed E-state index contributed by atoms with van der Waals surface area (Å²) in [6.07, 6.45) is 0.541. The summed E-state index contributed by atoms with van der Waals surface area (Å²) in [6.45, 7) is 3.92. The van der Waals surface area contributed by atoms with E-state index in [1.54, 1.807) is 10.7 Å². The molecule has 1 unspecified atom stereocenters. The van der Waals surface area contributed by atoms with Crippen LogP contribution in [0.4, 0.5) is 4.39 Å². The molecule has 0 saturated carbocycles. The van der Waals surface area contributed by atoms with E-state index in [1.165, 1.54) is 18.5 Å². The Morgan fingerprint density at radius 2 is 2.16 bits per heavy atom. The van der Waals surface area contributed by atoms with Gasteiger partial charge in [0.05, 0.1) is 6.10 Å². The first-order valence-corrected chi connectivity index (χ1v) is 6.39. The van der Waals surface area contributed by atoms with E-state index in [0.29, 0.717) is 5.82 Å². The van der Waals surface area contributed by atoms with Gasteiger partial charge in [-0.05, 0) is 26.0 Å². The zero-order valence-corrected chi connectivity index (χ0v) is 11.5. The van der Waals surface area contributed by atoms with Crippen molar-refractivity contribution < 1.29 is 9.50 Å². The minimum atomic E-state index is -1.05. The lowest BCUT2D eigenvalue weighted by Gasteiger charge is -2.15. The Hall–Kier alpha value is -1.46. The molecule has 102 valence electrons. The summed E-state index contributed by atoms with van der Waals surface area (Å²) in [4.78, 5) is 4.09. The van der Waals surface area contributed by atoms with Gasteiger partial charge >= 0.3 is 0 Å². The Morgan fingerprint density at radius 3 is 2.79 bits per heavy atom. The number of aliphatic hydroxyl groups is 1. The summed E-state index contributed by atoms with van der Waals surface area (Å²) in [5.41, 5.74) is 0.0995. The lowest BCUT2D eigenvalue weighted by molar-refractivity contribution is 0.169. The molecule has 0 spiro atoms. The van der Waals surface area contributed by atoms with Gasteiger partial charge in [0.1, 0.15) is 18.0 Å². The maximum atomic E-state index is 13.7. The van der Waals surface area contributed by atoms with Gasteiger partial charge in [-0.15, -0.1) is 0 Å². The van der Waals surface area contributed by atoms with Crippen LogP contribution in [0.3, 0.4) is 0 Å². The van der Waals surface area contributed by atoms with Crippen LogP contribution in [0.15, 0.2) is 24.5 Å². The van der Waals surface area contributed by atoms with E-state index in [4.69, 9.17) is 11.6 Å². The molecule has 1 atom stereocenters. The zero-order chi connectivity index (χ0) is 14.0.